The first-order chi connectivity index (χ1) is 5.81. The van der Waals surface area contributed by atoms with Gasteiger partial charge in [0.25, 0.3) is 0 Å². The lowest BCUT2D eigenvalue weighted by Gasteiger charge is -2.28. The minimum Gasteiger partial charge on any atom is -0.411 e. The molecule has 1 N–H and O–H groups in total. The Morgan fingerprint density at radius 1 is 1.46 bits per heavy atom. The van der Waals surface area contributed by atoms with Crippen LogP contribution in [-0.2, 0) is 0 Å². The molecule has 2 nitrogen and oxygen atoms in total. The van der Waals surface area contributed by atoms with Gasteiger partial charge in [-0.3, -0.25) is 0 Å². The van der Waals surface area contributed by atoms with E-state index in [9.17, 15) is 0 Å². The second kappa shape index (κ2) is 4.45. The number of rotatable bonds is 4. The van der Waals surface area contributed by atoms with E-state index in [4.69, 9.17) is 5.21 Å². The third kappa shape index (κ3) is 3.62. The monoisotopic (exact) mass is 183 g/mol. The zero-order chi connectivity index (χ0) is 10.6. The maximum atomic E-state index is 8.90. The molecule has 13 heavy (non-hydrogen) atoms. The van der Waals surface area contributed by atoms with E-state index in [1.807, 2.05) is 20.8 Å². The van der Waals surface area contributed by atoms with Gasteiger partial charge < -0.3 is 5.21 Å². The number of hydrogen-bond acceptors (Lipinski definition) is 2. The Morgan fingerprint density at radius 3 is 2.15 bits per heavy atom. The van der Waals surface area contributed by atoms with Crippen LogP contribution in [0.4, 0.5) is 0 Å². The molecule has 0 aliphatic rings. The zero-order valence-electron chi connectivity index (χ0n) is 9.39. The molecule has 0 heterocycles. The number of allylic oxidation sites excluding steroid dienone is 1. The second-order valence-corrected chi connectivity index (χ2v) is 4.66. The molecule has 2 heteroatoms. The summed E-state index contributed by atoms with van der Waals surface area (Å²) in [6, 6.07) is 0. The Balaban J connectivity index is 4.68. The van der Waals surface area contributed by atoms with E-state index >= 15 is 0 Å². The van der Waals surface area contributed by atoms with Crippen molar-refractivity contribution in [3.63, 3.8) is 0 Å². The van der Waals surface area contributed by atoms with Crippen LogP contribution >= 0.6 is 0 Å². The molecule has 0 rings (SSSR count). The van der Waals surface area contributed by atoms with Crippen molar-refractivity contribution in [1.82, 2.24) is 0 Å². The quantitative estimate of drug-likeness (QED) is 0.308. The molecule has 0 saturated carbocycles. The summed E-state index contributed by atoms with van der Waals surface area (Å²) >= 11 is 0. The van der Waals surface area contributed by atoms with Crippen molar-refractivity contribution in [3.05, 3.63) is 12.2 Å². The van der Waals surface area contributed by atoms with Crippen LogP contribution in [0.1, 0.15) is 41.0 Å². The molecule has 0 aliphatic carbocycles. The Morgan fingerprint density at radius 2 is 1.92 bits per heavy atom. The van der Waals surface area contributed by atoms with Crippen molar-refractivity contribution >= 4 is 5.71 Å². The van der Waals surface area contributed by atoms with Gasteiger partial charge in [0.1, 0.15) is 0 Å². The van der Waals surface area contributed by atoms with Gasteiger partial charge in [-0.05, 0) is 19.3 Å². The molecule has 0 spiro atoms. The summed E-state index contributed by atoms with van der Waals surface area (Å²) in [7, 11) is 0. The minimum absolute atomic E-state index is 0.0885. The lowest BCUT2D eigenvalue weighted by atomic mass is 9.77. The van der Waals surface area contributed by atoms with Crippen LogP contribution in [0.5, 0.6) is 0 Å². The van der Waals surface area contributed by atoms with Crippen LogP contribution in [0.15, 0.2) is 17.3 Å². The largest absolute Gasteiger partial charge is 0.411 e. The molecular formula is C11H21NO. The third-order valence-electron chi connectivity index (χ3n) is 2.09. The van der Waals surface area contributed by atoms with Gasteiger partial charge in [-0.2, -0.15) is 0 Å². The highest BCUT2D eigenvalue weighted by Crippen LogP contribution is 2.29. The first-order valence-electron chi connectivity index (χ1n) is 4.68. The summed E-state index contributed by atoms with van der Waals surface area (Å²) in [5, 5.41) is 12.3. The molecular weight excluding hydrogens is 162 g/mol. The Kier molecular flexibility index (Phi) is 4.18. The molecule has 0 aromatic carbocycles. The molecule has 0 fully saturated rings. The standard InChI is InChI=1S/C11H21NO/c1-8(2)7-11(5,6)10(12-13)9(3)4/h9,13H,1,7H2,2-6H3/b12-10+. The fraction of sp³-hybridized carbons (Fsp3) is 0.727. The van der Waals surface area contributed by atoms with E-state index in [0.29, 0.717) is 0 Å². The van der Waals surface area contributed by atoms with Gasteiger partial charge in [-0.25, -0.2) is 0 Å². The Labute approximate surface area is 81.3 Å². The molecule has 0 aromatic heterocycles. The zero-order valence-corrected chi connectivity index (χ0v) is 9.39. The molecule has 0 aromatic rings. The SMILES string of the molecule is C=C(C)CC(C)(C)/C(=N/O)C(C)C. The fourth-order valence-corrected chi connectivity index (χ4v) is 1.88. The average Bonchev–Trinajstić information content (AvgIpc) is 1.82. The first-order valence-corrected chi connectivity index (χ1v) is 4.68. The van der Waals surface area contributed by atoms with Crippen LogP contribution < -0.4 is 0 Å². The molecule has 0 saturated heterocycles. The lowest BCUT2D eigenvalue weighted by Crippen LogP contribution is -2.29. The summed E-state index contributed by atoms with van der Waals surface area (Å²) in [6.07, 6.45) is 0.866. The van der Waals surface area contributed by atoms with Gasteiger partial charge in [0, 0.05) is 5.41 Å². The molecule has 0 amide bonds. The molecule has 0 aliphatic heterocycles. The molecule has 0 radical (unpaired) electrons. The Hall–Kier alpha value is -0.790. The smallest absolute Gasteiger partial charge is 0.0655 e. The molecule has 0 unspecified atom stereocenters. The highest BCUT2D eigenvalue weighted by atomic mass is 16.4. The van der Waals surface area contributed by atoms with E-state index in [2.05, 4.69) is 25.6 Å². The maximum absolute atomic E-state index is 8.90. The van der Waals surface area contributed by atoms with Gasteiger partial charge in [-0.15, -0.1) is 6.58 Å². The van der Waals surface area contributed by atoms with Gasteiger partial charge in [0.05, 0.1) is 5.71 Å². The third-order valence-corrected chi connectivity index (χ3v) is 2.09. The minimum atomic E-state index is -0.0885. The predicted molar refractivity (Wildman–Crippen MR) is 57.3 cm³/mol. The van der Waals surface area contributed by atoms with Crippen LogP contribution in [0, 0.1) is 11.3 Å². The van der Waals surface area contributed by atoms with E-state index < -0.39 is 0 Å². The number of hydrogen-bond donors (Lipinski definition) is 1. The van der Waals surface area contributed by atoms with E-state index in [-0.39, 0.29) is 11.3 Å². The van der Waals surface area contributed by atoms with Crippen molar-refractivity contribution in [3.8, 4) is 0 Å². The summed E-state index contributed by atoms with van der Waals surface area (Å²) in [5.74, 6) is 0.277. The highest BCUT2D eigenvalue weighted by molar-refractivity contribution is 5.90. The lowest BCUT2D eigenvalue weighted by molar-refractivity contribution is 0.303. The van der Waals surface area contributed by atoms with Crippen LogP contribution in [0.25, 0.3) is 0 Å². The van der Waals surface area contributed by atoms with Crippen LogP contribution in [0.2, 0.25) is 0 Å². The normalized spacial score (nSPS) is 13.5. The number of oxime groups is 1. The number of nitrogens with zero attached hydrogens (tertiary/aromatic N) is 1. The predicted octanol–water partition coefficient (Wildman–Crippen LogP) is 3.47. The Bertz CT molecular complexity index is 214. The van der Waals surface area contributed by atoms with Gasteiger partial charge in [-0.1, -0.05) is 38.4 Å². The second-order valence-electron chi connectivity index (χ2n) is 4.66. The summed E-state index contributed by atoms with van der Waals surface area (Å²) in [5.41, 5.74) is 1.87. The van der Waals surface area contributed by atoms with Crippen LogP contribution in [0.3, 0.4) is 0 Å². The van der Waals surface area contributed by atoms with Gasteiger partial charge >= 0.3 is 0 Å². The maximum Gasteiger partial charge on any atom is 0.0655 e. The summed E-state index contributed by atoms with van der Waals surface area (Å²) in [4.78, 5) is 0. The highest BCUT2D eigenvalue weighted by Gasteiger charge is 2.27. The van der Waals surface area contributed by atoms with E-state index in [0.717, 1.165) is 17.7 Å². The summed E-state index contributed by atoms with van der Waals surface area (Å²) < 4.78 is 0. The molecule has 0 bridgehead atoms. The van der Waals surface area contributed by atoms with Gasteiger partial charge in [0.15, 0.2) is 0 Å². The first kappa shape index (κ1) is 12.2. The van der Waals surface area contributed by atoms with Crippen molar-refractivity contribution in [2.24, 2.45) is 16.5 Å². The van der Waals surface area contributed by atoms with Crippen LogP contribution in [-0.4, -0.2) is 10.9 Å². The van der Waals surface area contributed by atoms with Gasteiger partial charge in [0.2, 0.25) is 0 Å². The van der Waals surface area contributed by atoms with Crippen molar-refractivity contribution in [2.75, 3.05) is 0 Å². The molecule has 76 valence electrons. The van der Waals surface area contributed by atoms with Crippen molar-refractivity contribution in [1.29, 1.82) is 0 Å². The van der Waals surface area contributed by atoms with E-state index in [1.165, 1.54) is 0 Å². The summed E-state index contributed by atoms with van der Waals surface area (Å²) in [6.45, 7) is 14.1. The molecule has 0 atom stereocenters. The average molecular weight is 183 g/mol. The van der Waals surface area contributed by atoms with Crippen molar-refractivity contribution < 1.29 is 5.21 Å². The van der Waals surface area contributed by atoms with Crippen molar-refractivity contribution in [2.45, 2.75) is 41.0 Å². The van der Waals surface area contributed by atoms with E-state index in [1.54, 1.807) is 0 Å². The fourth-order valence-electron chi connectivity index (χ4n) is 1.88. The topological polar surface area (TPSA) is 32.6 Å².